The molecule has 0 atom stereocenters. The molecule has 0 saturated heterocycles. The van der Waals surface area contributed by atoms with Crippen LogP contribution in [0.3, 0.4) is 0 Å². The second-order valence-electron chi connectivity index (χ2n) is 4.82. The Balaban J connectivity index is 1.93. The van der Waals surface area contributed by atoms with E-state index in [2.05, 4.69) is 21.0 Å². The monoisotopic (exact) mass is 337 g/mol. The van der Waals surface area contributed by atoms with Crippen molar-refractivity contribution in [3.63, 3.8) is 0 Å². The third-order valence-corrected chi connectivity index (χ3v) is 3.72. The number of rotatable bonds is 2. The van der Waals surface area contributed by atoms with Gasteiger partial charge in [-0.05, 0) is 40.5 Å². The van der Waals surface area contributed by atoms with E-state index in [4.69, 9.17) is 15.2 Å². The Morgan fingerprint density at radius 2 is 2.10 bits per heavy atom. The maximum Gasteiger partial charge on any atom is 0.175 e. The molecule has 0 unspecified atom stereocenters. The first-order valence-electron chi connectivity index (χ1n) is 6.51. The van der Waals surface area contributed by atoms with E-state index < -0.39 is 0 Å². The topological polar surface area (TPSA) is 62.3 Å². The third kappa shape index (κ3) is 2.60. The van der Waals surface area contributed by atoms with Crippen LogP contribution in [0.4, 0.5) is 5.82 Å². The first-order chi connectivity index (χ1) is 9.63. The van der Waals surface area contributed by atoms with E-state index in [1.165, 1.54) is 0 Å². The second kappa shape index (κ2) is 5.36. The van der Waals surface area contributed by atoms with Gasteiger partial charge in [-0.2, -0.15) is 5.10 Å². The van der Waals surface area contributed by atoms with Crippen molar-refractivity contribution < 1.29 is 9.47 Å². The molecule has 2 heterocycles. The number of nitrogens with zero attached hydrogens (tertiary/aromatic N) is 2. The number of fused-ring (bicyclic) bond motifs is 1. The van der Waals surface area contributed by atoms with Gasteiger partial charge in [0.1, 0.15) is 5.82 Å². The van der Waals surface area contributed by atoms with Crippen LogP contribution in [0, 0.1) is 6.92 Å². The van der Waals surface area contributed by atoms with Crippen LogP contribution >= 0.6 is 15.9 Å². The molecule has 0 bridgehead atoms. The molecule has 2 N–H and O–H groups in total. The fourth-order valence-corrected chi connectivity index (χ4v) is 2.84. The zero-order valence-electron chi connectivity index (χ0n) is 11.2. The van der Waals surface area contributed by atoms with Crippen molar-refractivity contribution in [2.45, 2.75) is 19.9 Å². The van der Waals surface area contributed by atoms with Gasteiger partial charge >= 0.3 is 0 Å². The van der Waals surface area contributed by atoms with E-state index in [0.717, 1.165) is 33.6 Å². The lowest BCUT2D eigenvalue weighted by Crippen LogP contribution is -2.06. The van der Waals surface area contributed by atoms with Gasteiger partial charge < -0.3 is 15.2 Å². The minimum absolute atomic E-state index is 0.606. The Labute approximate surface area is 125 Å². The SMILES string of the molecule is Cc1cc(N)n(Cc2cc(Br)c3c(c2)OCCCO3)n1. The Morgan fingerprint density at radius 1 is 1.30 bits per heavy atom. The maximum absolute atomic E-state index is 5.92. The molecule has 1 aromatic heterocycles. The highest BCUT2D eigenvalue weighted by Gasteiger charge is 2.16. The lowest BCUT2D eigenvalue weighted by atomic mass is 10.2. The summed E-state index contributed by atoms with van der Waals surface area (Å²) in [6, 6.07) is 5.87. The predicted molar refractivity (Wildman–Crippen MR) is 80.2 cm³/mol. The van der Waals surface area contributed by atoms with Crippen LogP contribution in [0.1, 0.15) is 17.7 Å². The summed E-state index contributed by atoms with van der Waals surface area (Å²) in [7, 11) is 0. The molecule has 1 aromatic carbocycles. The highest BCUT2D eigenvalue weighted by molar-refractivity contribution is 9.10. The maximum atomic E-state index is 5.92. The van der Waals surface area contributed by atoms with Crippen molar-refractivity contribution in [2.75, 3.05) is 18.9 Å². The smallest absolute Gasteiger partial charge is 0.175 e. The van der Waals surface area contributed by atoms with Gasteiger partial charge in [0.2, 0.25) is 0 Å². The Hall–Kier alpha value is -1.69. The average Bonchev–Trinajstić information content (AvgIpc) is 2.61. The Morgan fingerprint density at radius 3 is 2.85 bits per heavy atom. The van der Waals surface area contributed by atoms with E-state index >= 15 is 0 Å². The van der Waals surface area contributed by atoms with E-state index in [0.29, 0.717) is 25.6 Å². The number of nitrogens with two attached hydrogens (primary N) is 1. The van der Waals surface area contributed by atoms with Gasteiger partial charge in [-0.3, -0.25) is 0 Å². The van der Waals surface area contributed by atoms with Crippen molar-refractivity contribution in [3.05, 3.63) is 33.9 Å². The number of hydrogen-bond donors (Lipinski definition) is 1. The van der Waals surface area contributed by atoms with Gasteiger partial charge in [0.05, 0.1) is 29.9 Å². The molecular weight excluding hydrogens is 322 g/mol. The number of hydrogen-bond acceptors (Lipinski definition) is 4. The molecule has 6 heteroatoms. The van der Waals surface area contributed by atoms with Gasteiger partial charge in [0.15, 0.2) is 11.5 Å². The molecule has 0 aliphatic carbocycles. The van der Waals surface area contributed by atoms with Gasteiger partial charge in [-0.1, -0.05) is 0 Å². The number of benzene rings is 1. The number of nitrogen functional groups attached to an aromatic ring is 1. The van der Waals surface area contributed by atoms with E-state index in [9.17, 15) is 0 Å². The van der Waals surface area contributed by atoms with Crippen LogP contribution in [0.15, 0.2) is 22.7 Å². The normalized spacial score (nSPS) is 14.1. The molecule has 0 amide bonds. The van der Waals surface area contributed by atoms with E-state index in [1.54, 1.807) is 4.68 Å². The zero-order chi connectivity index (χ0) is 14.1. The van der Waals surface area contributed by atoms with Crippen molar-refractivity contribution >= 4 is 21.7 Å². The third-order valence-electron chi connectivity index (χ3n) is 3.13. The summed E-state index contributed by atoms with van der Waals surface area (Å²) >= 11 is 3.54. The average molecular weight is 338 g/mol. The first-order valence-corrected chi connectivity index (χ1v) is 7.31. The van der Waals surface area contributed by atoms with Gasteiger partial charge in [0.25, 0.3) is 0 Å². The highest BCUT2D eigenvalue weighted by atomic mass is 79.9. The molecule has 1 aliphatic rings. The summed E-state index contributed by atoms with van der Waals surface area (Å²) in [4.78, 5) is 0. The zero-order valence-corrected chi connectivity index (χ0v) is 12.8. The number of aryl methyl sites for hydroxylation is 1. The molecule has 0 saturated carbocycles. The van der Waals surface area contributed by atoms with Crippen molar-refractivity contribution in [1.82, 2.24) is 9.78 Å². The quantitative estimate of drug-likeness (QED) is 0.915. The molecule has 106 valence electrons. The Bertz CT molecular complexity index is 640. The fraction of sp³-hybridized carbons (Fsp3) is 0.357. The van der Waals surface area contributed by atoms with Gasteiger partial charge in [-0.15, -0.1) is 0 Å². The summed E-state index contributed by atoms with van der Waals surface area (Å²) in [5.41, 5.74) is 7.90. The fourth-order valence-electron chi connectivity index (χ4n) is 2.24. The van der Waals surface area contributed by atoms with Crippen molar-refractivity contribution in [3.8, 4) is 11.5 Å². The standard InChI is InChI=1S/C14H16BrN3O2/c1-9-5-13(16)18(17-9)8-10-6-11(15)14-12(7-10)19-3-2-4-20-14/h5-7H,2-4,8,16H2,1H3. The predicted octanol–water partition coefficient (Wildman–Crippen LogP) is 2.75. The van der Waals surface area contributed by atoms with Crippen LogP contribution in [0.25, 0.3) is 0 Å². The molecule has 2 aromatic rings. The minimum Gasteiger partial charge on any atom is -0.490 e. The molecule has 20 heavy (non-hydrogen) atoms. The molecular formula is C14H16BrN3O2. The summed E-state index contributed by atoms with van der Waals surface area (Å²) < 4.78 is 14.1. The molecule has 1 aliphatic heterocycles. The van der Waals surface area contributed by atoms with E-state index in [-0.39, 0.29) is 0 Å². The van der Waals surface area contributed by atoms with Gasteiger partial charge in [0, 0.05) is 12.5 Å². The molecule has 5 nitrogen and oxygen atoms in total. The molecule has 0 fully saturated rings. The minimum atomic E-state index is 0.606. The molecule has 3 rings (SSSR count). The summed E-state index contributed by atoms with van der Waals surface area (Å²) in [5, 5.41) is 4.37. The highest BCUT2D eigenvalue weighted by Crippen LogP contribution is 2.38. The molecule has 0 spiro atoms. The largest absolute Gasteiger partial charge is 0.490 e. The van der Waals surface area contributed by atoms with Crippen LogP contribution in [-0.2, 0) is 6.54 Å². The first kappa shape index (κ1) is 13.3. The van der Waals surface area contributed by atoms with Crippen LogP contribution in [0.2, 0.25) is 0 Å². The second-order valence-corrected chi connectivity index (χ2v) is 5.68. The van der Waals surface area contributed by atoms with Crippen molar-refractivity contribution in [1.29, 1.82) is 0 Å². The van der Waals surface area contributed by atoms with Crippen LogP contribution in [-0.4, -0.2) is 23.0 Å². The summed E-state index contributed by atoms with van der Waals surface area (Å²) in [6.45, 7) is 3.88. The van der Waals surface area contributed by atoms with Crippen LogP contribution in [0.5, 0.6) is 11.5 Å². The molecule has 0 radical (unpaired) electrons. The van der Waals surface area contributed by atoms with Crippen molar-refractivity contribution in [2.24, 2.45) is 0 Å². The number of aromatic nitrogens is 2. The Kier molecular flexibility index (Phi) is 3.56. The van der Waals surface area contributed by atoms with E-state index in [1.807, 2.05) is 25.1 Å². The number of halogens is 1. The van der Waals surface area contributed by atoms with Gasteiger partial charge in [-0.25, -0.2) is 4.68 Å². The lowest BCUT2D eigenvalue weighted by molar-refractivity contribution is 0.296. The number of ether oxygens (including phenoxy) is 2. The van der Waals surface area contributed by atoms with Crippen LogP contribution < -0.4 is 15.2 Å². The lowest BCUT2D eigenvalue weighted by Gasteiger charge is -2.12. The summed E-state index contributed by atoms with van der Waals surface area (Å²) in [5.74, 6) is 2.20. The summed E-state index contributed by atoms with van der Waals surface area (Å²) in [6.07, 6.45) is 0.891. The number of anilines is 1.